The number of benzene rings is 1. The fourth-order valence-electron chi connectivity index (χ4n) is 5.08. The van der Waals surface area contributed by atoms with Gasteiger partial charge in [-0.25, -0.2) is 9.97 Å². The summed E-state index contributed by atoms with van der Waals surface area (Å²) in [7, 11) is 0. The van der Waals surface area contributed by atoms with Crippen LogP contribution < -0.4 is 21.3 Å². The molecule has 2 aliphatic heterocycles. The van der Waals surface area contributed by atoms with Crippen LogP contribution in [0.5, 0.6) is 0 Å². The van der Waals surface area contributed by atoms with Crippen molar-refractivity contribution in [3.8, 4) is 0 Å². The number of aromatic nitrogens is 2. The third kappa shape index (κ3) is 7.05. The molecule has 0 unspecified atom stereocenters. The normalized spacial score (nSPS) is 19.0. The van der Waals surface area contributed by atoms with Crippen LogP contribution in [0.15, 0.2) is 52.3 Å². The van der Waals surface area contributed by atoms with Gasteiger partial charge in [0, 0.05) is 53.8 Å². The van der Waals surface area contributed by atoms with Gasteiger partial charge in [-0.2, -0.15) is 0 Å². The highest BCUT2D eigenvalue weighted by Gasteiger charge is 2.28. The Morgan fingerprint density at radius 1 is 1.08 bits per heavy atom. The number of rotatable bonds is 10. The zero-order chi connectivity index (χ0) is 26.5. The van der Waals surface area contributed by atoms with Crippen molar-refractivity contribution >= 4 is 40.7 Å². The molecular formula is C28H38N8OS. The highest BCUT2D eigenvalue weighted by molar-refractivity contribution is 7.99. The van der Waals surface area contributed by atoms with E-state index in [9.17, 15) is 4.79 Å². The molecule has 0 spiro atoms. The molecule has 3 heterocycles. The Morgan fingerprint density at radius 3 is 2.45 bits per heavy atom. The van der Waals surface area contributed by atoms with E-state index < -0.39 is 0 Å². The summed E-state index contributed by atoms with van der Waals surface area (Å²) in [5.41, 5.74) is 7.59. The third-order valence-electron chi connectivity index (χ3n) is 7.41. The van der Waals surface area contributed by atoms with Crippen molar-refractivity contribution in [3.63, 3.8) is 0 Å². The topological polar surface area (TPSA) is 123 Å². The van der Waals surface area contributed by atoms with Crippen molar-refractivity contribution in [3.05, 3.63) is 42.2 Å². The molecule has 1 aromatic heterocycles. The van der Waals surface area contributed by atoms with Gasteiger partial charge in [-0.05, 0) is 93.7 Å². The number of likely N-dealkylation sites (tertiary alicyclic amines) is 1. The second-order valence-corrected chi connectivity index (χ2v) is 11.4. The average molecular weight is 535 g/mol. The molecular weight excluding hydrogens is 496 g/mol. The molecule has 38 heavy (non-hydrogen) atoms. The van der Waals surface area contributed by atoms with E-state index in [1.165, 1.54) is 37.7 Å². The number of hydrogen-bond acceptors (Lipinski definition) is 9. The van der Waals surface area contributed by atoms with Gasteiger partial charge < -0.3 is 31.6 Å². The number of anilines is 3. The number of nitrogens with zero attached hydrogens (tertiary/aromatic N) is 4. The molecule has 3 aliphatic rings. The number of allylic oxidation sites excluding steroid dienone is 1. The Kier molecular flexibility index (Phi) is 8.48. The average Bonchev–Trinajstić information content (AvgIpc) is 3.64. The summed E-state index contributed by atoms with van der Waals surface area (Å²) in [5.74, 6) is 2.27. The Balaban J connectivity index is 1.32. The summed E-state index contributed by atoms with van der Waals surface area (Å²) in [6.45, 7) is 6.22. The number of piperidine rings is 1. The number of hydrogen-bond donors (Lipinski definition) is 4. The lowest BCUT2D eigenvalue weighted by atomic mass is 10.0. The van der Waals surface area contributed by atoms with Crippen molar-refractivity contribution < 1.29 is 4.79 Å². The lowest BCUT2D eigenvalue weighted by molar-refractivity contribution is -0.115. The van der Waals surface area contributed by atoms with Gasteiger partial charge in [-0.15, -0.1) is 0 Å². The Hall–Kier alpha value is -3.11. The molecule has 2 saturated heterocycles. The molecule has 0 radical (unpaired) electrons. The summed E-state index contributed by atoms with van der Waals surface area (Å²) >= 11 is 1.48. The van der Waals surface area contributed by atoms with Crippen molar-refractivity contribution in [2.24, 2.45) is 11.7 Å². The summed E-state index contributed by atoms with van der Waals surface area (Å²) in [6.07, 6.45) is 9.20. The third-order valence-corrected chi connectivity index (χ3v) is 8.28. The van der Waals surface area contributed by atoms with Gasteiger partial charge >= 0.3 is 0 Å². The molecule has 2 aromatic rings. The van der Waals surface area contributed by atoms with Crippen LogP contribution in [0.2, 0.25) is 0 Å². The van der Waals surface area contributed by atoms with Crippen LogP contribution in [-0.4, -0.2) is 58.7 Å². The maximum Gasteiger partial charge on any atom is 0.224 e. The van der Waals surface area contributed by atoms with Gasteiger partial charge in [0.05, 0.1) is 0 Å². The molecule has 10 heteroatoms. The zero-order valence-electron chi connectivity index (χ0n) is 22.1. The lowest BCUT2D eigenvalue weighted by Gasteiger charge is -2.37. The number of carbonyl (C=O) groups excluding carboxylic acids is 1. The number of nitrogens with one attached hydrogen (secondary N) is 3. The highest BCUT2D eigenvalue weighted by atomic mass is 32.2. The minimum atomic E-state index is -0.00827. The van der Waals surface area contributed by atoms with E-state index in [4.69, 9.17) is 21.1 Å². The van der Waals surface area contributed by atoms with Gasteiger partial charge in [-0.1, -0.05) is 6.92 Å². The second-order valence-electron chi connectivity index (χ2n) is 10.3. The van der Waals surface area contributed by atoms with Crippen LogP contribution >= 0.6 is 11.8 Å². The van der Waals surface area contributed by atoms with Gasteiger partial charge in [0.25, 0.3) is 0 Å². The van der Waals surface area contributed by atoms with Crippen LogP contribution in [0.4, 0.5) is 17.3 Å². The molecule has 1 amide bonds. The van der Waals surface area contributed by atoms with E-state index in [0.717, 1.165) is 55.2 Å². The van der Waals surface area contributed by atoms with Crippen molar-refractivity contribution in [1.82, 2.24) is 14.9 Å². The first-order valence-electron chi connectivity index (χ1n) is 13.8. The smallest absolute Gasteiger partial charge is 0.224 e. The Morgan fingerprint density at radius 2 is 1.79 bits per heavy atom. The van der Waals surface area contributed by atoms with E-state index in [2.05, 4.69) is 20.4 Å². The van der Waals surface area contributed by atoms with Crippen molar-refractivity contribution in [1.29, 1.82) is 5.41 Å². The molecule has 3 fully saturated rings. The number of nitrogens with two attached hydrogens (primary N) is 1. The molecule has 1 aliphatic carbocycles. The lowest BCUT2D eigenvalue weighted by Crippen LogP contribution is -2.44. The predicted octanol–water partition coefficient (Wildman–Crippen LogP) is 4.68. The summed E-state index contributed by atoms with van der Waals surface area (Å²) in [6, 6.07) is 10.3. The van der Waals surface area contributed by atoms with Gasteiger partial charge in [0.15, 0.2) is 5.16 Å². The van der Waals surface area contributed by atoms with Gasteiger partial charge in [-0.3, -0.25) is 4.79 Å². The standard InChI is InChI=1S/C28H38N8OS/c1-2-27(37)31-20-7-9-22(10-8-20)38-28-33-25(32-24(30)17-23(29)19-5-6-19)18-26(34-28)36-15-11-21(12-16-36)35-13-3-4-14-35/h7-10,17-19,21,29H,2-6,11-16,30H2,1H3,(H,31,37)(H,32,33,34)/b24-17+,29-23?. The van der Waals surface area contributed by atoms with Gasteiger partial charge in [0.2, 0.25) is 5.91 Å². The van der Waals surface area contributed by atoms with Gasteiger partial charge in [0.1, 0.15) is 17.5 Å². The highest BCUT2D eigenvalue weighted by Crippen LogP contribution is 2.32. The fraction of sp³-hybridized carbons (Fsp3) is 0.500. The van der Waals surface area contributed by atoms with E-state index in [1.807, 2.05) is 37.3 Å². The second kappa shape index (κ2) is 12.2. The summed E-state index contributed by atoms with van der Waals surface area (Å²) in [5, 5.41) is 14.9. The Labute approximate surface area is 229 Å². The van der Waals surface area contributed by atoms with E-state index >= 15 is 0 Å². The van der Waals surface area contributed by atoms with Crippen LogP contribution in [0, 0.1) is 11.3 Å². The monoisotopic (exact) mass is 534 g/mol. The first-order chi connectivity index (χ1) is 18.5. The minimum Gasteiger partial charge on any atom is -0.385 e. The molecule has 1 aromatic carbocycles. The molecule has 0 atom stereocenters. The summed E-state index contributed by atoms with van der Waals surface area (Å²) in [4.78, 5) is 27.3. The largest absolute Gasteiger partial charge is 0.385 e. The molecule has 1 saturated carbocycles. The van der Waals surface area contributed by atoms with Crippen molar-refractivity contribution in [2.45, 2.75) is 68.0 Å². The van der Waals surface area contributed by atoms with E-state index in [0.29, 0.717) is 40.9 Å². The van der Waals surface area contributed by atoms with Crippen LogP contribution in [0.25, 0.3) is 0 Å². The van der Waals surface area contributed by atoms with Crippen LogP contribution in [0.3, 0.4) is 0 Å². The number of carbonyl (C=O) groups is 1. The molecule has 9 nitrogen and oxygen atoms in total. The maximum atomic E-state index is 11.7. The van der Waals surface area contributed by atoms with E-state index in [1.54, 1.807) is 6.08 Å². The molecule has 202 valence electrons. The molecule has 5 N–H and O–H groups in total. The van der Waals surface area contributed by atoms with Crippen LogP contribution in [0.1, 0.15) is 51.9 Å². The Bertz CT molecular complexity index is 1170. The predicted molar refractivity (Wildman–Crippen MR) is 154 cm³/mol. The quantitative estimate of drug-likeness (QED) is 0.256. The minimum absolute atomic E-state index is 0.00827. The first-order valence-corrected chi connectivity index (χ1v) is 14.6. The SMILES string of the molecule is CCC(=O)Nc1ccc(Sc2nc(N/C(N)=C/C(=N)C3CC3)cc(N3CCC(N4CCCC4)CC3)n2)cc1. The first kappa shape index (κ1) is 26.5. The summed E-state index contributed by atoms with van der Waals surface area (Å²) < 4.78 is 0. The van der Waals surface area contributed by atoms with Crippen molar-refractivity contribution in [2.75, 3.05) is 41.7 Å². The zero-order valence-corrected chi connectivity index (χ0v) is 22.9. The van der Waals surface area contributed by atoms with Crippen LogP contribution in [-0.2, 0) is 4.79 Å². The molecule has 0 bridgehead atoms. The van der Waals surface area contributed by atoms with E-state index in [-0.39, 0.29) is 5.91 Å². The fourth-order valence-corrected chi connectivity index (χ4v) is 5.84. The molecule has 5 rings (SSSR count). The number of amides is 1. The maximum absolute atomic E-state index is 11.7.